The summed E-state index contributed by atoms with van der Waals surface area (Å²) in [5.74, 6) is 0.882. The van der Waals surface area contributed by atoms with Crippen LogP contribution in [0, 0.1) is 5.92 Å². The molecule has 3 nitrogen and oxygen atoms in total. The Bertz CT molecular complexity index is 547. The highest BCUT2D eigenvalue weighted by Crippen LogP contribution is 2.30. The van der Waals surface area contributed by atoms with Crippen molar-refractivity contribution in [2.75, 3.05) is 5.32 Å². The molecule has 1 aromatic carbocycles. The second-order valence-corrected chi connectivity index (χ2v) is 5.56. The zero-order chi connectivity index (χ0) is 13.1. The molecule has 0 aliphatic heterocycles. The van der Waals surface area contributed by atoms with Gasteiger partial charge in [0, 0.05) is 11.4 Å². The van der Waals surface area contributed by atoms with Crippen LogP contribution in [0.5, 0.6) is 0 Å². The van der Waals surface area contributed by atoms with Crippen LogP contribution in [0.15, 0.2) is 30.5 Å². The normalized spacial score (nSPS) is 23.4. The number of aromatic nitrogens is 2. The minimum absolute atomic E-state index is 0.589. The van der Waals surface area contributed by atoms with Crippen LogP contribution >= 0.6 is 0 Å². The lowest BCUT2D eigenvalue weighted by Crippen LogP contribution is -2.27. The highest BCUT2D eigenvalue weighted by Gasteiger charge is 2.21. The van der Waals surface area contributed by atoms with Gasteiger partial charge in [0.05, 0.1) is 17.4 Å². The van der Waals surface area contributed by atoms with Gasteiger partial charge in [-0.15, -0.1) is 0 Å². The molecule has 3 rings (SSSR count). The van der Waals surface area contributed by atoms with Crippen molar-refractivity contribution in [2.24, 2.45) is 5.92 Å². The summed E-state index contributed by atoms with van der Waals surface area (Å²) in [6.07, 6.45) is 8.45. The van der Waals surface area contributed by atoms with Crippen molar-refractivity contribution < 1.29 is 0 Å². The molecule has 1 heterocycles. The molecule has 0 spiro atoms. The third kappa shape index (κ3) is 2.70. The fourth-order valence-electron chi connectivity index (χ4n) is 3.13. The van der Waals surface area contributed by atoms with Crippen molar-refractivity contribution in [3.8, 4) is 0 Å². The summed E-state index contributed by atoms with van der Waals surface area (Å²) < 4.78 is 0. The summed E-state index contributed by atoms with van der Waals surface area (Å²) in [6.45, 7) is 2.30. The van der Waals surface area contributed by atoms with E-state index in [0.29, 0.717) is 6.04 Å². The Morgan fingerprint density at radius 2 is 2.16 bits per heavy atom. The molecule has 0 radical (unpaired) electrons. The van der Waals surface area contributed by atoms with Crippen LogP contribution in [0.25, 0.3) is 10.9 Å². The van der Waals surface area contributed by atoms with Crippen molar-refractivity contribution in [1.29, 1.82) is 0 Å². The van der Waals surface area contributed by atoms with Gasteiger partial charge in [-0.05, 0) is 24.8 Å². The fraction of sp³-hybridized carbons (Fsp3) is 0.500. The predicted octanol–water partition coefficient (Wildman–Crippen LogP) is 4.01. The number of rotatable bonds is 3. The second-order valence-electron chi connectivity index (χ2n) is 5.56. The minimum Gasteiger partial charge on any atom is -0.380 e. The molecule has 3 heteroatoms. The third-order valence-corrected chi connectivity index (χ3v) is 4.27. The van der Waals surface area contributed by atoms with E-state index in [1.54, 1.807) is 0 Å². The van der Waals surface area contributed by atoms with E-state index in [1.807, 2.05) is 18.3 Å². The lowest BCUT2D eigenvalue weighted by molar-refractivity contribution is 0.327. The number of anilines is 1. The molecule has 1 aromatic heterocycles. The van der Waals surface area contributed by atoms with Crippen LogP contribution in [-0.4, -0.2) is 16.2 Å². The zero-order valence-corrected chi connectivity index (χ0v) is 11.5. The Balaban J connectivity index is 1.81. The number of nitrogens with one attached hydrogen (secondary N) is 1. The summed E-state index contributed by atoms with van der Waals surface area (Å²) in [6, 6.07) is 8.79. The van der Waals surface area contributed by atoms with Gasteiger partial charge < -0.3 is 5.32 Å². The van der Waals surface area contributed by atoms with Crippen LogP contribution in [0.1, 0.15) is 39.0 Å². The molecule has 2 atom stereocenters. The zero-order valence-electron chi connectivity index (χ0n) is 11.5. The molecule has 0 saturated heterocycles. The summed E-state index contributed by atoms with van der Waals surface area (Å²) >= 11 is 0. The highest BCUT2D eigenvalue weighted by molar-refractivity contribution is 5.90. The van der Waals surface area contributed by atoms with E-state index >= 15 is 0 Å². The molecule has 2 aromatic rings. The van der Waals surface area contributed by atoms with E-state index in [1.165, 1.54) is 37.5 Å². The smallest absolute Gasteiger partial charge is 0.0950 e. The molecular formula is C16H21N3. The standard InChI is InChI=1S/C16H21N3/c1-2-12-6-5-7-13(10-12)18-16-11-17-19-15-9-4-3-8-14(15)16/h3-4,8-9,11-13H,2,5-7,10H2,1H3,(H,18,19). The maximum Gasteiger partial charge on any atom is 0.0950 e. The SMILES string of the molecule is CCC1CCCC(Nc2cnnc3ccccc23)C1. The van der Waals surface area contributed by atoms with Crippen molar-refractivity contribution in [3.63, 3.8) is 0 Å². The first-order valence-corrected chi connectivity index (χ1v) is 7.33. The first kappa shape index (κ1) is 12.4. The first-order valence-electron chi connectivity index (χ1n) is 7.33. The Morgan fingerprint density at radius 1 is 1.26 bits per heavy atom. The number of fused-ring (bicyclic) bond motifs is 1. The van der Waals surface area contributed by atoms with Crippen molar-refractivity contribution in [3.05, 3.63) is 30.5 Å². The Hall–Kier alpha value is -1.64. The summed E-state index contributed by atoms with van der Waals surface area (Å²) in [5.41, 5.74) is 2.10. The van der Waals surface area contributed by atoms with Crippen molar-refractivity contribution in [2.45, 2.75) is 45.1 Å². The van der Waals surface area contributed by atoms with Crippen LogP contribution in [0.3, 0.4) is 0 Å². The summed E-state index contributed by atoms with van der Waals surface area (Å²) in [4.78, 5) is 0. The average molecular weight is 255 g/mol. The quantitative estimate of drug-likeness (QED) is 0.900. The Labute approximate surface area is 114 Å². The molecule has 1 fully saturated rings. The number of benzene rings is 1. The molecule has 0 amide bonds. The first-order chi connectivity index (χ1) is 9.36. The van der Waals surface area contributed by atoms with Gasteiger partial charge in [-0.2, -0.15) is 10.2 Å². The van der Waals surface area contributed by atoms with Gasteiger partial charge in [0.15, 0.2) is 0 Å². The Morgan fingerprint density at radius 3 is 3.05 bits per heavy atom. The Kier molecular flexibility index (Phi) is 3.62. The van der Waals surface area contributed by atoms with Crippen LogP contribution in [0.4, 0.5) is 5.69 Å². The minimum atomic E-state index is 0.589. The van der Waals surface area contributed by atoms with Gasteiger partial charge in [0.2, 0.25) is 0 Å². The van der Waals surface area contributed by atoms with E-state index in [2.05, 4.69) is 34.6 Å². The topological polar surface area (TPSA) is 37.8 Å². The monoisotopic (exact) mass is 255 g/mol. The number of nitrogens with zero attached hydrogens (tertiary/aromatic N) is 2. The summed E-state index contributed by atoms with van der Waals surface area (Å²) in [5, 5.41) is 13.1. The molecule has 2 unspecified atom stereocenters. The molecule has 100 valence electrons. The van der Waals surface area contributed by atoms with Crippen LogP contribution < -0.4 is 5.32 Å². The van der Waals surface area contributed by atoms with E-state index in [9.17, 15) is 0 Å². The predicted molar refractivity (Wildman–Crippen MR) is 79.2 cm³/mol. The fourth-order valence-corrected chi connectivity index (χ4v) is 3.13. The van der Waals surface area contributed by atoms with Gasteiger partial charge >= 0.3 is 0 Å². The molecular weight excluding hydrogens is 234 g/mol. The van der Waals surface area contributed by atoms with Gasteiger partial charge in [-0.1, -0.05) is 44.4 Å². The highest BCUT2D eigenvalue weighted by atomic mass is 15.1. The van der Waals surface area contributed by atoms with Gasteiger partial charge in [0.25, 0.3) is 0 Å². The molecule has 1 aliphatic carbocycles. The van der Waals surface area contributed by atoms with Crippen molar-refractivity contribution in [1.82, 2.24) is 10.2 Å². The van der Waals surface area contributed by atoms with Gasteiger partial charge in [-0.25, -0.2) is 0 Å². The van der Waals surface area contributed by atoms with E-state index in [0.717, 1.165) is 17.1 Å². The van der Waals surface area contributed by atoms with Crippen LogP contribution in [0.2, 0.25) is 0 Å². The van der Waals surface area contributed by atoms with Gasteiger partial charge in [0.1, 0.15) is 0 Å². The lowest BCUT2D eigenvalue weighted by atomic mass is 9.84. The second kappa shape index (κ2) is 5.55. The molecule has 1 N–H and O–H groups in total. The number of hydrogen-bond donors (Lipinski definition) is 1. The van der Waals surface area contributed by atoms with Crippen LogP contribution in [-0.2, 0) is 0 Å². The number of hydrogen-bond acceptors (Lipinski definition) is 3. The molecule has 0 bridgehead atoms. The molecule has 1 saturated carbocycles. The van der Waals surface area contributed by atoms with E-state index in [-0.39, 0.29) is 0 Å². The molecule has 19 heavy (non-hydrogen) atoms. The molecule has 1 aliphatic rings. The van der Waals surface area contributed by atoms with E-state index < -0.39 is 0 Å². The van der Waals surface area contributed by atoms with Crippen molar-refractivity contribution >= 4 is 16.6 Å². The maximum atomic E-state index is 4.18. The lowest BCUT2D eigenvalue weighted by Gasteiger charge is -2.30. The summed E-state index contributed by atoms with van der Waals surface area (Å²) in [7, 11) is 0. The maximum absolute atomic E-state index is 4.18. The van der Waals surface area contributed by atoms with E-state index in [4.69, 9.17) is 0 Å². The third-order valence-electron chi connectivity index (χ3n) is 4.27. The average Bonchev–Trinajstić information content (AvgIpc) is 2.48. The van der Waals surface area contributed by atoms with Gasteiger partial charge in [-0.3, -0.25) is 0 Å². The largest absolute Gasteiger partial charge is 0.380 e.